The van der Waals surface area contributed by atoms with E-state index in [2.05, 4.69) is 0 Å². The number of methoxy groups -OCH3 is 2. The first-order chi connectivity index (χ1) is 11.5. The largest absolute Gasteiger partial charge is 0.476 e. The number of esters is 2. The van der Waals surface area contributed by atoms with Crippen LogP contribution >= 0.6 is 0 Å². The molecule has 0 aliphatic carbocycles. The van der Waals surface area contributed by atoms with E-state index in [-0.39, 0.29) is 0 Å². The molecule has 0 bridgehead atoms. The highest BCUT2D eigenvalue weighted by Crippen LogP contribution is 2.23. The third-order valence-electron chi connectivity index (χ3n) is 3.33. The molecular formula is C19H28O6. The second-order valence-electron chi connectivity index (χ2n) is 7.21. The average molecular weight is 352 g/mol. The molecule has 1 atom stereocenters. The second-order valence-corrected chi connectivity index (χ2v) is 7.21. The summed E-state index contributed by atoms with van der Waals surface area (Å²) in [6.45, 7) is 8.72. The topological polar surface area (TPSA) is 71.1 Å². The van der Waals surface area contributed by atoms with Crippen LogP contribution in [0.3, 0.4) is 0 Å². The van der Waals surface area contributed by atoms with Gasteiger partial charge in [0.1, 0.15) is 11.4 Å². The van der Waals surface area contributed by atoms with E-state index in [1.54, 1.807) is 52.8 Å². The minimum absolute atomic E-state index is 0.341. The maximum atomic E-state index is 12.3. The van der Waals surface area contributed by atoms with Crippen LogP contribution in [0.15, 0.2) is 24.3 Å². The Morgan fingerprint density at radius 2 is 1.72 bits per heavy atom. The fraction of sp³-hybridized carbons (Fsp3) is 0.579. The first-order valence-electron chi connectivity index (χ1n) is 8.10. The Bertz CT molecular complexity index is 600. The van der Waals surface area contributed by atoms with E-state index >= 15 is 0 Å². The average Bonchev–Trinajstić information content (AvgIpc) is 2.50. The molecule has 1 rings (SSSR count). The molecule has 0 radical (unpaired) electrons. The fourth-order valence-corrected chi connectivity index (χ4v) is 2.08. The van der Waals surface area contributed by atoms with Crippen molar-refractivity contribution in [2.24, 2.45) is 0 Å². The summed E-state index contributed by atoms with van der Waals surface area (Å²) in [6.07, 6.45) is -0.355. The van der Waals surface area contributed by atoms with Gasteiger partial charge in [0.05, 0.1) is 7.11 Å². The lowest BCUT2D eigenvalue weighted by Gasteiger charge is -2.29. The molecule has 6 heteroatoms. The smallest absolute Gasteiger partial charge is 0.350 e. The predicted octanol–water partition coefficient (Wildman–Crippen LogP) is 2.92. The Hall–Kier alpha value is -2.08. The summed E-state index contributed by atoms with van der Waals surface area (Å²) in [5, 5.41) is 0. The second kappa shape index (κ2) is 8.34. The van der Waals surface area contributed by atoms with Crippen molar-refractivity contribution in [2.75, 3.05) is 14.2 Å². The zero-order chi connectivity index (χ0) is 19.3. The van der Waals surface area contributed by atoms with Gasteiger partial charge in [-0.25, -0.2) is 9.59 Å². The van der Waals surface area contributed by atoms with Crippen LogP contribution in [0.5, 0.6) is 5.75 Å². The first-order valence-corrected chi connectivity index (χ1v) is 8.10. The van der Waals surface area contributed by atoms with Crippen LogP contribution in [0, 0.1) is 0 Å². The van der Waals surface area contributed by atoms with Gasteiger partial charge in [-0.1, -0.05) is 12.1 Å². The van der Waals surface area contributed by atoms with Crippen molar-refractivity contribution in [2.45, 2.75) is 58.3 Å². The summed E-state index contributed by atoms with van der Waals surface area (Å²) in [7, 11) is 2.77. The maximum absolute atomic E-state index is 12.3. The quantitative estimate of drug-likeness (QED) is 0.703. The molecule has 140 valence electrons. The molecule has 1 aromatic rings. The van der Waals surface area contributed by atoms with Crippen molar-refractivity contribution in [1.29, 1.82) is 0 Å². The van der Waals surface area contributed by atoms with Gasteiger partial charge in [0.15, 0.2) is 11.7 Å². The Morgan fingerprint density at radius 3 is 2.24 bits per heavy atom. The molecule has 25 heavy (non-hydrogen) atoms. The molecule has 0 aromatic heterocycles. The van der Waals surface area contributed by atoms with E-state index in [4.69, 9.17) is 18.9 Å². The van der Waals surface area contributed by atoms with E-state index in [9.17, 15) is 9.59 Å². The standard InChI is InChI=1S/C19H28O6/c1-18(2,3)25-17(21)19(4,5)24-14-10-8-9-13(11-14)12-15(22-6)16(20)23-7/h8-11,15H,12H2,1-7H3/t15-/m0/s1. The first kappa shape index (κ1) is 21.0. The molecule has 0 saturated heterocycles. The molecule has 0 N–H and O–H groups in total. The van der Waals surface area contributed by atoms with Gasteiger partial charge in [-0.05, 0) is 52.3 Å². The highest BCUT2D eigenvalue weighted by molar-refractivity contribution is 5.79. The third-order valence-corrected chi connectivity index (χ3v) is 3.33. The third kappa shape index (κ3) is 6.74. The van der Waals surface area contributed by atoms with Crippen LogP contribution < -0.4 is 4.74 Å². The minimum Gasteiger partial charge on any atom is -0.476 e. The Labute approximate surface area is 149 Å². The molecule has 0 fully saturated rings. The predicted molar refractivity (Wildman–Crippen MR) is 93.5 cm³/mol. The number of carbonyl (C=O) groups excluding carboxylic acids is 2. The summed E-state index contributed by atoms with van der Waals surface area (Å²) in [4.78, 5) is 23.9. The van der Waals surface area contributed by atoms with Gasteiger partial charge < -0.3 is 18.9 Å². The number of rotatable bonds is 7. The number of carbonyl (C=O) groups is 2. The van der Waals surface area contributed by atoms with Gasteiger partial charge in [0.2, 0.25) is 0 Å². The van der Waals surface area contributed by atoms with Crippen LogP contribution in [-0.2, 0) is 30.2 Å². The van der Waals surface area contributed by atoms with Crippen molar-refractivity contribution in [1.82, 2.24) is 0 Å². The highest BCUT2D eigenvalue weighted by atomic mass is 16.6. The van der Waals surface area contributed by atoms with Crippen LogP contribution in [0.4, 0.5) is 0 Å². The lowest BCUT2D eigenvalue weighted by Crippen LogP contribution is -2.43. The van der Waals surface area contributed by atoms with E-state index in [0.717, 1.165) is 5.56 Å². The van der Waals surface area contributed by atoms with E-state index in [1.165, 1.54) is 14.2 Å². The van der Waals surface area contributed by atoms with Crippen LogP contribution in [-0.4, -0.2) is 43.5 Å². The number of ether oxygens (including phenoxy) is 4. The maximum Gasteiger partial charge on any atom is 0.350 e. The monoisotopic (exact) mass is 352 g/mol. The van der Waals surface area contributed by atoms with Crippen molar-refractivity contribution in [3.63, 3.8) is 0 Å². The van der Waals surface area contributed by atoms with Gasteiger partial charge >= 0.3 is 11.9 Å². The summed E-state index contributed by atoms with van der Waals surface area (Å²) in [5.41, 5.74) is -0.907. The number of hydrogen-bond acceptors (Lipinski definition) is 6. The molecule has 6 nitrogen and oxygen atoms in total. The Kier molecular flexibility index (Phi) is 6.99. The van der Waals surface area contributed by atoms with E-state index < -0.39 is 29.2 Å². The molecule has 0 amide bonds. The van der Waals surface area contributed by atoms with Crippen molar-refractivity contribution in [3.8, 4) is 5.75 Å². The summed E-state index contributed by atoms with van der Waals surface area (Å²) in [5.74, 6) is -0.384. The summed E-state index contributed by atoms with van der Waals surface area (Å²) < 4.78 is 21.1. The van der Waals surface area contributed by atoms with Crippen LogP contribution in [0.1, 0.15) is 40.2 Å². The van der Waals surface area contributed by atoms with Crippen molar-refractivity contribution >= 4 is 11.9 Å². The normalized spacial score (nSPS) is 13.1. The number of hydrogen-bond donors (Lipinski definition) is 0. The molecule has 0 heterocycles. The summed E-state index contributed by atoms with van der Waals surface area (Å²) in [6, 6.07) is 7.15. The number of benzene rings is 1. The Morgan fingerprint density at radius 1 is 1.08 bits per heavy atom. The molecular weight excluding hydrogens is 324 g/mol. The summed E-state index contributed by atoms with van der Waals surface area (Å²) >= 11 is 0. The van der Waals surface area contributed by atoms with Gasteiger partial charge in [0.25, 0.3) is 0 Å². The van der Waals surface area contributed by atoms with Gasteiger partial charge in [0, 0.05) is 13.5 Å². The molecule has 0 unspecified atom stereocenters. The molecule has 0 aliphatic heterocycles. The highest BCUT2D eigenvalue weighted by Gasteiger charge is 2.34. The minimum atomic E-state index is -1.14. The zero-order valence-corrected chi connectivity index (χ0v) is 16.0. The SMILES string of the molecule is COC(=O)[C@H](Cc1cccc(OC(C)(C)C(=O)OC(C)(C)C)c1)OC. The van der Waals surface area contributed by atoms with Crippen LogP contribution in [0.2, 0.25) is 0 Å². The van der Waals surface area contributed by atoms with Crippen LogP contribution in [0.25, 0.3) is 0 Å². The van der Waals surface area contributed by atoms with Crippen molar-refractivity contribution in [3.05, 3.63) is 29.8 Å². The molecule has 0 aliphatic rings. The zero-order valence-electron chi connectivity index (χ0n) is 16.0. The van der Waals surface area contributed by atoms with Gasteiger partial charge in [-0.15, -0.1) is 0 Å². The fourth-order valence-electron chi connectivity index (χ4n) is 2.08. The lowest BCUT2D eigenvalue weighted by molar-refractivity contribution is -0.170. The van der Waals surface area contributed by atoms with E-state index in [1.807, 2.05) is 6.07 Å². The molecule has 1 aromatic carbocycles. The van der Waals surface area contributed by atoms with Gasteiger partial charge in [-0.3, -0.25) is 0 Å². The Balaban J connectivity index is 2.87. The lowest BCUT2D eigenvalue weighted by atomic mass is 10.1. The molecule has 0 saturated carbocycles. The van der Waals surface area contributed by atoms with Crippen molar-refractivity contribution < 1.29 is 28.5 Å². The van der Waals surface area contributed by atoms with Gasteiger partial charge in [-0.2, -0.15) is 0 Å². The molecule has 0 spiro atoms. The van der Waals surface area contributed by atoms with E-state index in [0.29, 0.717) is 12.2 Å².